The number of benzene rings is 4. The Hall–Kier alpha value is -5.07. The summed E-state index contributed by atoms with van der Waals surface area (Å²) >= 11 is 0. The molecule has 0 fully saturated rings. The predicted molar refractivity (Wildman–Crippen MR) is 197 cm³/mol. The monoisotopic (exact) mass is 716 g/mol. The molecule has 4 rings (SSSR count). The first kappa shape index (κ1) is 39.7. The minimum atomic E-state index is -4.62. The highest BCUT2D eigenvalue weighted by Crippen LogP contribution is 2.35. The molecule has 0 aliphatic carbocycles. The molecule has 0 bridgehead atoms. The molecule has 0 saturated carbocycles. The zero-order valence-electron chi connectivity index (χ0n) is 29.4. The van der Waals surface area contributed by atoms with Gasteiger partial charge in [0.2, 0.25) is 0 Å². The first-order valence-corrected chi connectivity index (χ1v) is 16.5. The maximum Gasteiger partial charge on any atom is 0.416 e. The fraction of sp³-hybridized carbons (Fsp3) is 0.268. The van der Waals surface area contributed by atoms with Gasteiger partial charge in [0.05, 0.1) is 18.8 Å². The fourth-order valence-corrected chi connectivity index (χ4v) is 5.53. The number of rotatable bonds is 15. The van der Waals surface area contributed by atoms with Gasteiger partial charge in [0.1, 0.15) is 11.1 Å². The number of halogens is 3. The van der Waals surface area contributed by atoms with Gasteiger partial charge in [0.25, 0.3) is 0 Å². The second-order valence-corrected chi connectivity index (χ2v) is 13.2. The Labute approximate surface area is 301 Å². The largest absolute Gasteiger partial charge is 0.480 e. The van der Waals surface area contributed by atoms with E-state index < -0.39 is 48.0 Å². The Morgan fingerprint density at radius 1 is 0.635 bits per heavy atom. The number of carboxylic acid groups (broad SMARTS) is 2. The predicted octanol–water partition coefficient (Wildman–Crippen LogP) is 7.18. The zero-order chi connectivity index (χ0) is 38.3. The van der Waals surface area contributed by atoms with Crippen LogP contribution in [0.15, 0.2) is 78.9 Å². The van der Waals surface area contributed by atoms with Gasteiger partial charge in [0.15, 0.2) is 0 Å². The molecule has 6 N–H and O–H groups in total. The van der Waals surface area contributed by atoms with E-state index in [0.29, 0.717) is 5.56 Å². The van der Waals surface area contributed by atoms with E-state index in [0.717, 1.165) is 50.6 Å². The normalized spacial score (nSPS) is 14.4. The third-order valence-corrected chi connectivity index (χ3v) is 9.25. The third kappa shape index (κ3) is 9.42. The molecule has 11 heteroatoms. The highest BCUT2D eigenvalue weighted by Gasteiger charge is 2.34. The summed E-state index contributed by atoms with van der Waals surface area (Å²) in [6, 6.07) is 22.8. The van der Waals surface area contributed by atoms with Crippen molar-refractivity contribution in [2.24, 2.45) is 0 Å². The summed E-state index contributed by atoms with van der Waals surface area (Å²) in [6.45, 7) is 5.57. The molecule has 2 atom stereocenters. The van der Waals surface area contributed by atoms with Crippen LogP contribution in [-0.2, 0) is 28.9 Å². The number of alkyl halides is 3. The molecule has 52 heavy (non-hydrogen) atoms. The number of carboxylic acids is 2. The van der Waals surface area contributed by atoms with Gasteiger partial charge in [-0.15, -0.1) is 0 Å². The lowest BCUT2D eigenvalue weighted by atomic mass is 9.91. The molecule has 4 aromatic rings. The molecule has 0 heterocycles. The van der Waals surface area contributed by atoms with Gasteiger partial charge < -0.3 is 20.4 Å². The average molecular weight is 717 g/mol. The smallest absolute Gasteiger partial charge is 0.416 e. The Kier molecular flexibility index (Phi) is 12.6. The van der Waals surface area contributed by atoms with Crippen LogP contribution in [0.5, 0.6) is 0 Å². The quantitative estimate of drug-likeness (QED) is 0.0712. The van der Waals surface area contributed by atoms with Crippen LogP contribution in [-0.4, -0.2) is 56.7 Å². The van der Waals surface area contributed by atoms with Gasteiger partial charge in [0, 0.05) is 13.1 Å². The zero-order valence-corrected chi connectivity index (χ0v) is 29.4. The van der Waals surface area contributed by atoms with Crippen LogP contribution >= 0.6 is 0 Å². The van der Waals surface area contributed by atoms with Crippen LogP contribution < -0.4 is 10.6 Å². The van der Waals surface area contributed by atoms with Crippen molar-refractivity contribution in [3.8, 4) is 11.1 Å². The van der Waals surface area contributed by atoms with Crippen LogP contribution in [0, 0.1) is 13.8 Å². The molecule has 8 nitrogen and oxygen atoms in total. The first-order valence-electron chi connectivity index (χ1n) is 16.5. The highest BCUT2D eigenvalue weighted by molar-refractivity contribution is 5.82. The minimum absolute atomic E-state index is 0.0690. The minimum Gasteiger partial charge on any atom is -0.480 e. The van der Waals surface area contributed by atoms with Gasteiger partial charge in [-0.05, 0) is 95.5 Å². The fourth-order valence-electron chi connectivity index (χ4n) is 5.53. The molecule has 0 amide bonds. The van der Waals surface area contributed by atoms with Gasteiger partial charge >= 0.3 is 18.1 Å². The summed E-state index contributed by atoms with van der Waals surface area (Å²) in [6.07, 6.45) is 2.37. The Morgan fingerprint density at radius 2 is 1.10 bits per heavy atom. The van der Waals surface area contributed by atoms with Crippen molar-refractivity contribution in [2.75, 3.05) is 13.2 Å². The Bertz CT molecular complexity index is 1990. The summed E-state index contributed by atoms with van der Waals surface area (Å²) in [4.78, 5) is 23.1. The number of aliphatic hydroxyl groups excluding tert-OH is 2. The van der Waals surface area contributed by atoms with Crippen molar-refractivity contribution in [1.29, 1.82) is 0 Å². The summed E-state index contributed by atoms with van der Waals surface area (Å²) in [5, 5.41) is 43.5. The van der Waals surface area contributed by atoms with E-state index in [2.05, 4.69) is 10.6 Å². The van der Waals surface area contributed by atoms with Crippen LogP contribution in [0.1, 0.15) is 63.9 Å². The van der Waals surface area contributed by atoms with Gasteiger partial charge in [-0.25, -0.2) is 0 Å². The highest BCUT2D eigenvalue weighted by atomic mass is 19.4. The number of carbonyl (C=O) groups is 2. The average Bonchev–Trinajstić information content (AvgIpc) is 3.11. The lowest BCUT2D eigenvalue weighted by Gasteiger charge is -2.24. The van der Waals surface area contributed by atoms with E-state index in [4.69, 9.17) is 0 Å². The molecule has 0 aromatic heterocycles. The number of nitrogens with one attached hydrogen (secondary N) is 2. The van der Waals surface area contributed by atoms with Gasteiger partial charge in [-0.1, -0.05) is 91.0 Å². The molecular formula is C41H43F3N2O6. The second-order valence-electron chi connectivity index (χ2n) is 13.2. The Balaban J connectivity index is 1.60. The summed E-state index contributed by atoms with van der Waals surface area (Å²) in [7, 11) is 0. The lowest BCUT2D eigenvalue weighted by Crippen LogP contribution is -2.52. The van der Waals surface area contributed by atoms with E-state index >= 15 is 0 Å². The van der Waals surface area contributed by atoms with Crippen molar-refractivity contribution < 1.29 is 43.2 Å². The van der Waals surface area contributed by atoms with Crippen molar-refractivity contribution in [3.63, 3.8) is 0 Å². The van der Waals surface area contributed by atoms with E-state index in [1.807, 2.05) is 86.7 Å². The van der Waals surface area contributed by atoms with Gasteiger partial charge in [-0.2, -0.15) is 13.2 Å². The number of aliphatic hydroxyl groups is 2. The topological polar surface area (TPSA) is 139 Å². The van der Waals surface area contributed by atoms with Crippen molar-refractivity contribution in [3.05, 3.63) is 129 Å². The van der Waals surface area contributed by atoms with Crippen LogP contribution in [0.4, 0.5) is 13.2 Å². The van der Waals surface area contributed by atoms with Crippen LogP contribution in [0.3, 0.4) is 0 Å². The summed E-state index contributed by atoms with van der Waals surface area (Å²) in [5.74, 6) is -2.42. The van der Waals surface area contributed by atoms with E-state index in [1.54, 1.807) is 6.08 Å². The van der Waals surface area contributed by atoms with Crippen LogP contribution in [0.2, 0.25) is 0 Å². The molecule has 0 aliphatic rings. The molecule has 0 saturated heterocycles. The van der Waals surface area contributed by atoms with E-state index in [-0.39, 0.29) is 18.7 Å². The number of hydrogen-bond donors (Lipinski definition) is 6. The summed E-state index contributed by atoms with van der Waals surface area (Å²) in [5.41, 5.74) is 3.57. The molecule has 0 radical (unpaired) electrons. The Morgan fingerprint density at radius 3 is 1.58 bits per heavy atom. The molecule has 274 valence electrons. The molecule has 0 unspecified atom stereocenters. The number of hydrogen-bond acceptors (Lipinski definition) is 6. The first-order chi connectivity index (χ1) is 24.5. The molecular weight excluding hydrogens is 673 g/mol. The number of aliphatic carboxylic acids is 2. The standard InChI is InChI=1S/C41H43F3N2O6/c1-26-31(16-14-28-8-5-9-29(20-28)22-45-39(3,24-47)37(49)50)10-6-12-34(26)35-13-7-11-32(27(35)2)17-18-33-21-30(15-19-36(33)41(42,43)44)23-46-40(4,25-48)38(51)52/h5-21,45-48H,22-25H2,1-4H3,(H,49,50)(H,51,52)/b16-14+,18-17+/t39-,40-/m0/s1. The lowest BCUT2D eigenvalue weighted by molar-refractivity contribution is -0.146. The van der Waals surface area contributed by atoms with E-state index in [1.165, 1.54) is 32.1 Å². The van der Waals surface area contributed by atoms with Crippen molar-refractivity contribution in [2.45, 2.75) is 58.0 Å². The second kappa shape index (κ2) is 16.5. The SMILES string of the molecule is Cc1c(/C=C/c2cccc(CN[C@@](C)(CO)C(=O)O)c2)cccc1-c1cccc(/C=C/c2cc(CN[C@@](C)(CO)C(=O)O)ccc2C(F)(F)F)c1C. The van der Waals surface area contributed by atoms with Gasteiger partial charge in [-0.3, -0.25) is 20.2 Å². The van der Waals surface area contributed by atoms with Crippen LogP contribution in [0.25, 0.3) is 35.4 Å². The van der Waals surface area contributed by atoms with Crippen molar-refractivity contribution in [1.82, 2.24) is 10.6 Å². The third-order valence-electron chi connectivity index (χ3n) is 9.25. The maximum atomic E-state index is 14.0. The van der Waals surface area contributed by atoms with Crippen molar-refractivity contribution >= 4 is 36.2 Å². The molecule has 4 aromatic carbocycles. The molecule has 0 spiro atoms. The maximum absolute atomic E-state index is 14.0. The summed E-state index contributed by atoms with van der Waals surface area (Å²) < 4.78 is 42.0. The van der Waals surface area contributed by atoms with E-state index in [9.17, 15) is 43.2 Å². The molecule has 0 aliphatic heterocycles.